The monoisotopic (exact) mass is 702 g/mol. The molecule has 1 heterocycles. The lowest BCUT2D eigenvalue weighted by Crippen LogP contribution is -2.10. The first-order valence-corrected chi connectivity index (χ1v) is 18.7. The summed E-state index contributed by atoms with van der Waals surface area (Å²) in [6.45, 7) is 0. The quantitative estimate of drug-likeness (QED) is 0.160. The van der Waals surface area contributed by atoms with E-state index in [0.29, 0.717) is 0 Å². The van der Waals surface area contributed by atoms with Crippen molar-refractivity contribution < 1.29 is 4.74 Å². The van der Waals surface area contributed by atoms with Crippen LogP contribution in [0.1, 0.15) is 0 Å². The Morgan fingerprint density at radius 1 is 0.273 bits per heavy atom. The van der Waals surface area contributed by atoms with Gasteiger partial charge in [-0.25, -0.2) is 0 Å². The lowest BCUT2D eigenvalue weighted by Gasteiger charge is -2.29. The molecule has 1 aliphatic rings. The molecular formula is C52H34N2O. The highest BCUT2D eigenvalue weighted by Crippen LogP contribution is 2.51. The van der Waals surface area contributed by atoms with Gasteiger partial charge in [0.1, 0.15) is 11.5 Å². The molecule has 0 saturated heterocycles. The third-order valence-electron chi connectivity index (χ3n) is 10.9. The lowest BCUT2D eigenvalue weighted by atomic mass is 9.90. The van der Waals surface area contributed by atoms with Gasteiger partial charge in [-0.3, -0.25) is 0 Å². The maximum atomic E-state index is 6.85. The number of benzene rings is 10. The molecule has 0 amide bonds. The SMILES string of the molecule is c1ccc(N(c2ccc3c(c2)Oc2cccc4c2c-3cc2ccc(N(c3ccccc3)c3ccc5ccccc5c3)cc24)c2ccc3ccccc3c2)cc1. The number of ether oxygens (including phenoxy) is 1. The van der Waals surface area contributed by atoms with Crippen LogP contribution in [0, 0.1) is 0 Å². The summed E-state index contributed by atoms with van der Waals surface area (Å²) >= 11 is 0. The Morgan fingerprint density at radius 3 is 1.40 bits per heavy atom. The summed E-state index contributed by atoms with van der Waals surface area (Å²) in [5.41, 5.74) is 8.83. The Labute approximate surface area is 319 Å². The lowest BCUT2D eigenvalue weighted by molar-refractivity contribution is 0.487. The topological polar surface area (TPSA) is 15.7 Å². The van der Waals surface area contributed by atoms with Gasteiger partial charge in [0.2, 0.25) is 0 Å². The molecule has 0 radical (unpaired) electrons. The molecule has 55 heavy (non-hydrogen) atoms. The number of hydrogen-bond acceptors (Lipinski definition) is 3. The maximum absolute atomic E-state index is 6.85. The number of anilines is 6. The van der Waals surface area contributed by atoms with E-state index in [9.17, 15) is 0 Å². The molecule has 0 N–H and O–H groups in total. The van der Waals surface area contributed by atoms with Crippen LogP contribution in [0.25, 0.3) is 54.2 Å². The predicted octanol–water partition coefficient (Wildman–Crippen LogP) is 15.0. The summed E-state index contributed by atoms with van der Waals surface area (Å²) in [6, 6.07) is 73.9. The average Bonchev–Trinajstić information content (AvgIpc) is 3.25. The van der Waals surface area contributed by atoms with Crippen molar-refractivity contribution in [3.05, 3.63) is 206 Å². The molecule has 0 aromatic heterocycles. The van der Waals surface area contributed by atoms with Crippen molar-refractivity contribution in [3.63, 3.8) is 0 Å². The van der Waals surface area contributed by atoms with Crippen LogP contribution < -0.4 is 14.5 Å². The van der Waals surface area contributed by atoms with Gasteiger partial charge < -0.3 is 14.5 Å². The van der Waals surface area contributed by atoms with Gasteiger partial charge in [0.25, 0.3) is 0 Å². The summed E-state index contributed by atoms with van der Waals surface area (Å²) in [5, 5.41) is 9.56. The van der Waals surface area contributed by atoms with Gasteiger partial charge in [-0.15, -0.1) is 0 Å². The summed E-state index contributed by atoms with van der Waals surface area (Å²) in [5.74, 6) is 1.72. The second-order valence-electron chi connectivity index (χ2n) is 14.2. The zero-order valence-electron chi connectivity index (χ0n) is 29.9. The molecule has 10 aromatic carbocycles. The van der Waals surface area contributed by atoms with Crippen LogP contribution >= 0.6 is 0 Å². The van der Waals surface area contributed by atoms with Crippen molar-refractivity contribution in [2.24, 2.45) is 0 Å². The van der Waals surface area contributed by atoms with E-state index >= 15 is 0 Å². The van der Waals surface area contributed by atoms with Crippen LogP contribution in [0.2, 0.25) is 0 Å². The number of nitrogens with zero attached hydrogens (tertiary/aromatic N) is 2. The molecule has 0 bridgehead atoms. The van der Waals surface area contributed by atoms with E-state index in [-0.39, 0.29) is 0 Å². The van der Waals surface area contributed by atoms with Crippen molar-refractivity contribution in [2.45, 2.75) is 0 Å². The summed E-state index contributed by atoms with van der Waals surface area (Å²) < 4.78 is 6.85. The minimum Gasteiger partial charge on any atom is -0.456 e. The van der Waals surface area contributed by atoms with E-state index in [2.05, 4.69) is 216 Å². The summed E-state index contributed by atoms with van der Waals surface area (Å²) in [4.78, 5) is 4.66. The minimum atomic E-state index is 0.849. The summed E-state index contributed by atoms with van der Waals surface area (Å²) in [6.07, 6.45) is 0. The molecule has 11 rings (SSSR count). The average molecular weight is 703 g/mol. The summed E-state index contributed by atoms with van der Waals surface area (Å²) in [7, 11) is 0. The normalized spacial score (nSPS) is 11.8. The first-order chi connectivity index (χ1) is 27.2. The fraction of sp³-hybridized carbons (Fsp3) is 0. The van der Waals surface area contributed by atoms with Gasteiger partial charge in [0.15, 0.2) is 0 Å². The molecular weight excluding hydrogens is 669 g/mol. The van der Waals surface area contributed by atoms with E-state index < -0.39 is 0 Å². The Bertz CT molecular complexity index is 3080. The Balaban J connectivity index is 1.05. The van der Waals surface area contributed by atoms with E-state index in [4.69, 9.17) is 4.74 Å². The molecule has 258 valence electrons. The number of hydrogen-bond donors (Lipinski definition) is 0. The highest BCUT2D eigenvalue weighted by atomic mass is 16.5. The van der Waals surface area contributed by atoms with Gasteiger partial charge in [0.05, 0.1) is 0 Å². The van der Waals surface area contributed by atoms with Crippen molar-refractivity contribution in [1.29, 1.82) is 0 Å². The van der Waals surface area contributed by atoms with Gasteiger partial charge >= 0.3 is 0 Å². The maximum Gasteiger partial charge on any atom is 0.137 e. The highest BCUT2D eigenvalue weighted by Gasteiger charge is 2.24. The Morgan fingerprint density at radius 2 is 0.782 bits per heavy atom. The molecule has 0 saturated carbocycles. The fourth-order valence-corrected chi connectivity index (χ4v) is 8.36. The second-order valence-corrected chi connectivity index (χ2v) is 14.2. The standard InChI is InChI=1S/C52H34N2O/c1-3-16-40(17-4-1)53(42-25-22-35-12-7-9-14-37(35)30-42)44-27-24-39-32-49-46-29-28-45(34-51(46)55-50-21-11-20-47(52(49)50)48(39)33-44)54(41-18-5-2-6-19-41)43-26-23-36-13-8-10-15-38(36)31-43/h1-34H. The van der Waals surface area contributed by atoms with Crippen LogP contribution in [0.4, 0.5) is 34.1 Å². The molecule has 1 aliphatic heterocycles. The van der Waals surface area contributed by atoms with Gasteiger partial charge in [-0.1, -0.05) is 115 Å². The first-order valence-electron chi connectivity index (χ1n) is 18.7. The van der Waals surface area contributed by atoms with E-state index in [1.165, 1.54) is 43.3 Å². The van der Waals surface area contributed by atoms with Crippen LogP contribution in [-0.4, -0.2) is 0 Å². The minimum absolute atomic E-state index is 0.849. The van der Waals surface area contributed by atoms with E-state index in [0.717, 1.165) is 56.6 Å². The molecule has 0 unspecified atom stereocenters. The highest BCUT2D eigenvalue weighted by molar-refractivity contribution is 6.18. The van der Waals surface area contributed by atoms with Crippen molar-refractivity contribution in [3.8, 4) is 22.6 Å². The van der Waals surface area contributed by atoms with Crippen LogP contribution in [0.5, 0.6) is 11.5 Å². The van der Waals surface area contributed by atoms with Crippen molar-refractivity contribution in [1.82, 2.24) is 0 Å². The number of fused-ring (bicyclic) bond motifs is 6. The fourth-order valence-electron chi connectivity index (χ4n) is 8.36. The molecule has 0 spiro atoms. The number of rotatable bonds is 6. The second kappa shape index (κ2) is 12.6. The zero-order chi connectivity index (χ0) is 36.3. The molecule has 0 aliphatic carbocycles. The van der Waals surface area contributed by atoms with E-state index in [1.807, 2.05) is 0 Å². The van der Waals surface area contributed by atoms with Crippen molar-refractivity contribution >= 4 is 77.2 Å². The molecule has 3 heteroatoms. The van der Waals surface area contributed by atoms with Crippen LogP contribution in [0.15, 0.2) is 206 Å². The Kier molecular flexibility index (Phi) is 7.17. The molecule has 0 atom stereocenters. The first kappa shape index (κ1) is 31.2. The largest absolute Gasteiger partial charge is 0.456 e. The van der Waals surface area contributed by atoms with Crippen LogP contribution in [0.3, 0.4) is 0 Å². The molecule has 10 aromatic rings. The number of para-hydroxylation sites is 2. The van der Waals surface area contributed by atoms with Crippen molar-refractivity contribution in [2.75, 3.05) is 9.80 Å². The van der Waals surface area contributed by atoms with E-state index in [1.54, 1.807) is 0 Å². The Hall–Kier alpha value is -7.36. The third-order valence-corrected chi connectivity index (χ3v) is 10.9. The zero-order valence-corrected chi connectivity index (χ0v) is 29.9. The van der Waals surface area contributed by atoms with Gasteiger partial charge in [-0.2, -0.15) is 0 Å². The molecule has 0 fully saturated rings. The van der Waals surface area contributed by atoms with Gasteiger partial charge in [0, 0.05) is 51.1 Å². The smallest absolute Gasteiger partial charge is 0.137 e. The third kappa shape index (κ3) is 5.28. The van der Waals surface area contributed by atoms with Crippen LogP contribution in [-0.2, 0) is 0 Å². The molecule has 3 nitrogen and oxygen atoms in total. The van der Waals surface area contributed by atoms with Gasteiger partial charge in [-0.05, 0) is 128 Å². The predicted molar refractivity (Wildman–Crippen MR) is 231 cm³/mol.